The number of furan rings is 2. The number of para-hydroxylation sites is 1. The normalized spacial score (nSPS) is 11.3. The Kier molecular flexibility index (Phi) is 5.51. The van der Waals surface area contributed by atoms with Crippen LogP contribution in [0, 0.1) is 13.8 Å². The zero-order valence-corrected chi connectivity index (χ0v) is 18.9. The molecule has 0 aliphatic carbocycles. The smallest absolute Gasteiger partial charge is 0.298 e. The SMILES string of the molecule is Cc1ccc(NC(=O)CSc2nc3c(oc4ccccc43)c(=O)n2Cc2ccco2)c(C)c1. The maximum absolute atomic E-state index is 13.3. The molecule has 0 aliphatic rings. The van der Waals surface area contributed by atoms with E-state index in [4.69, 9.17) is 13.8 Å². The molecule has 1 N–H and O–H groups in total. The highest BCUT2D eigenvalue weighted by atomic mass is 32.2. The van der Waals surface area contributed by atoms with Crippen LogP contribution in [0.5, 0.6) is 0 Å². The van der Waals surface area contributed by atoms with Gasteiger partial charge in [0.15, 0.2) is 5.16 Å². The molecule has 8 heteroatoms. The molecule has 166 valence electrons. The second-order valence-electron chi connectivity index (χ2n) is 7.80. The summed E-state index contributed by atoms with van der Waals surface area (Å²) in [5.41, 5.74) is 3.85. The molecule has 1 amide bonds. The van der Waals surface area contributed by atoms with Crippen LogP contribution in [0.1, 0.15) is 16.9 Å². The number of carbonyl (C=O) groups excluding carboxylic acids is 1. The Bertz CT molecular complexity index is 1530. The quantitative estimate of drug-likeness (QED) is 0.280. The average Bonchev–Trinajstić information content (AvgIpc) is 3.44. The van der Waals surface area contributed by atoms with Gasteiger partial charge in [0.1, 0.15) is 16.9 Å². The first-order valence-electron chi connectivity index (χ1n) is 10.4. The van der Waals surface area contributed by atoms with Gasteiger partial charge in [-0.05, 0) is 49.7 Å². The van der Waals surface area contributed by atoms with Gasteiger partial charge in [0.05, 0.1) is 18.6 Å². The Hall–Kier alpha value is -3.78. The maximum atomic E-state index is 13.3. The van der Waals surface area contributed by atoms with Gasteiger partial charge in [0.2, 0.25) is 11.5 Å². The summed E-state index contributed by atoms with van der Waals surface area (Å²) in [7, 11) is 0. The molecule has 0 saturated carbocycles. The monoisotopic (exact) mass is 459 g/mol. The van der Waals surface area contributed by atoms with Gasteiger partial charge < -0.3 is 14.2 Å². The highest BCUT2D eigenvalue weighted by Crippen LogP contribution is 2.28. The molecule has 5 aromatic rings. The predicted octanol–water partition coefficient (Wildman–Crippen LogP) is 5.13. The van der Waals surface area contributed by atoms with Crippen molar-refractivity contribution in [1.29, 1.82) is 0 Å². The summed E-state index contributed by atoms with van der Waals surface area (Å²) >= 11 is 1.20. The lowest BCUT2D eigenvalue weighted by molar-refractivity contribution is -0.113. The maximum Gasteiger partial charge on any atom is 0.298 e. The Morgan fingerprint density at radius 2 is 1.97 bits per heavy atom. The van der Waals surface area contributed by atoms with E-state index in [9.17, 15) is 9.59 Å². The molecule has 5 rings (SSSR count). The molecular weight excluding hydrogens is 438 g/mol. The van der Waals surface area contributed by atoms with Gasteiger partial charge in [-0.25, -0.2) is 4.98 Å². The van der Waals surface area contributed by atoms with Crippen molar-refractivity contribution in [2.75, 3.05) is 11.1 Å². The number of benzene rings is 2. The largest absolute Gasteiger partial charge is 0.467 e. The molecule has 0 spiro atoms. The first-order valence-corrected chi connectivity index (χ1v) is 11.4. The third-order valence-corrected chi connectivity index (χ3v) is 6.31. The zero-order valence-electron chi connectivity index (χ0n) is 18.1. The van der Waals surface area contributed by atoms with Crippen LogP contribution >= 0.6 is 11.8 Å². The molecule has 0 radical (unpaired) electrons. The van der Waals surface area contributed by atoms with Crippen LogP contribution in [0.25, 0.3) is 22.1 Å². The standard InChI is InChI=1S/C25H21N3O4S/c1-15-9-10-19(16(2)12-15)26-21(29)14-33-25-27-22-18-7-3-4-8-20(18)32-23(22)24(30)28(25)13-17-6-5-11-31-17/h3-12H,13-14H2,1-2H3,(H,26,29). The lowest BCUT2D eigenvalue weighted by atomic mass is 10.1. The van der Waals surface area contributed by atoms with E-state index in [-0.39, 0.29) is 29.3 Å². The van der Waals surface area contributed by atoms with Crippen molar-refractivity contribution in [3.8, 4) is 0 Å². The first-order chi connectivity index (χ1) is 16.0. The van der Waals surface area contributed by atoms with Gasteiger partial charge in [-0.2, -0.15) is 0 Å². The summed E-state index contributed by atoms with van der Waals surface area (Å²) in [5, 5.41) is 4.12. The Morgan fingerprint density at radius 1 is 1.12 bits per heavy atom. The zero-order chi connectivity index (χ0) is 22.9. The fourth-order valence-corrected chi connectivity index (χ4v) is 4.52. The van der Waals surface area contributed by atoms with Crippen molar-refractivity contribution in [1.82, 2.24) is 9.55 Å². The Morgan fingerprint density at radius 3 is 2.76 bits per heavy atom. The van der Waals surface area contributed by atoms with E-state index >= 15 is 0 Å². The van der Waals surface area contributed by atoms with Crippen LogP contribution in [-0.4, -0.2) is 21.2 Å². The number of nitrogens with zero attached hydrogens (tertiary/aromatic N) is 2. The number of hydrogen-bond donors (Lipinski definition) is 1. The number of aromatic nitrogens is 2. The van der Waals surface area contributed by atoms with Crippen LogP contribution in [0.4, 0.5) is 5.69 Å². The summed E-state index contributed by atoms with van der Waals surface area (Å²) in [4.78, 5) is 30.7. The summed E-state index contributed by atoms with van der Waals surface area (Å²) < 4.78 is 12.7. The summed E-state index contributed by atoms with van der Waals surface area (Å²) in [6.45, 7) is 4.15. The lowest BCUT2D eigenvalue weighted by Crippen LogP contribution is -2.24. The van der Waals surface area contributed by atoms with Crippen molar-refractivity contribution in [2.45, 2.75) is 25.5 Å². The van der Waals surface area contributed by atoms with Crippen LogP contribution in [0.3, 0.4) is 0 Å². The van der Waals surface area contributed by atoms with Crippen LogP contribution in [-0.2, 0) is 11.3 Å². The molecular formula is C25H21N3O4S. The predicted molar refractivity (Wildman–Crippen MR) is 129 cm³/mol. The number of nitrogens with one attached hydrogen (secondary N) is 1. The van der Waals surface area contributed by atoms with Gasteiger partial charge in [-0.1, -0.05) is 41.6 Å². The molecule has 0 unspecified atom stereocenters. The topological polar surface area (TPSA) is 90.3 Å². The van der Waals surface area contributed by atoms with Crippen molar-refractivity contribution in [2.24, 2.45) is 0 Å². The second-order valence-corrected chi connectivity index (χ2v) is 8.74. The number of aryl methyl sites for hydroxylation is 2. The number of carbonyl (C=O) groups is 1. The van der Waals surface area contributed by atoms with Gasteiger partial charge >= 0.3 is 0 Å². The molecule has 0 atom stereocenters. The van der Waals surface area contributed by atoms with E-state index in [0.29, 0.717) is 22.0 Å². The fourth-order valence-electron chi connectivity index (χ4n) is 3.73. The average molecular weight is 460 g/mol. The number of amides is 1. The van der Waals surface area contributed by atoms with Crippen molar-refractivity contribution in [3.63, 3.8) is 0 Å². The molecule has 7 nitrogen and oxygen atoms in total. The third kappa shape index (κ3) is 4.17. The number of hydrogen-bond acceptors (Lipinski definition) is 6. The van der Waals surface area contributed by atoms with Crippen molar-refractivity contribution >= 4 is 45.4 Å². The molecule has 0 saturated heterocycles. The molecule has 3 aromatic heterocycles. The molecule has 3 heterocycles. The highest BCUT2D eigenvalue weighted by molar-refractivity contribution is 7.99. The molecule has 0 aliphatic heterocycles. The molecule has 33 heavy (non-hydrogen) atoms. The minimum absolute atomic E-state index is 0.0964. The van der Waals surface area contributed by atoms with Crippen LogP contribution in [0.2, 0.25) is 0 Å². The van der Waals surface area contributed by atoms with E-state index in [1.807, 2.05) is 50.2 Å². The van der Waals surface area contributed by atoms with Crippen molar-refractivity contribution < 1.29 is 13.6 Å². The number of anilines is 1. The highest BCUT2D eigenvalue weighted by Gasteiger charge is 2.19. The Balaban J connectivity index is 1.49. The third-order valence-electron chi connectivity index (χ3n) is 5.33. The first kappa shape index (κ1) is 21.1. The molecule has 0 bridgehead atoms. The van der Waals surface area contributed by atoms with E-state index in [1.165, 1.54) is 16.3 Å². The molecule has 2 aromatic carbocycles. The summed E-state index contributed by atoms with van der Waals surface area (Å²) in [5.74, 6) is 0.526. The van der Waals surface area contributed by atoms with Crippen molar-refractivity contribution in [3.05, 3.63) is 88.1 Å². The van der Waals surface area contributed by atoms with E-state index in [1.54, 1.807) is 24.5 Å². The minimum Gasteiger partial charge on any atom is -0.467 e. The van der Waals surface area contributed by atoms with Crippen LogP contribution in [0.15, 0.2) is 79.6 Å². The number of thioether (sulfide) groups is 1. The van der Waals surface area contributed by atoms with Crippen LogP contribution < -0.4 is 10.9 Å². The summed E-state index contributed by atoms with van der Waals surface area (Å²) in [6, 6.07) is 16.8. The second kappa shape index (κ2) is 8.63. The van der Waals surface area contributed by atoms with E-state index in [0.717, 1.165) is 22.2 Å². The number of rotatable bonds is 6. The van der Waals surface area contributed by atoms with Gasteiger partial charge in [0, 0.05) is 11.1 Å². The minimum atomic E-state index is -0.315. The van der Waals surface area contributed by atoms with E-state index < -0.39 is 0 Å². The van der Waals surface area contributed by atoms with E-state index in [2.05, 4.69) is 5.32 Å². The fraction of sp³-hybridized carbons (Fsp3) is 0.160. The van der Waals surface area contributed by atoms with Gasteiger partial charge in [0.25, 0.3) is 5.56 Å². The lowest BCUT2D eigenvalue weighted by Gasteiger charge is -2.11. The van der Waals surface area contributed by atoms with Gasteiger partial charge in [-0.3, -0.25) is 14.2 Å². The number of fused-ring (bicyclic) bond motifs is 3. The molecule has 0 fully saturated rings. The van der Waals surface area contributed by atoms with Gasteiger partial charge in [-0.15, -0.1) is 0 Å². The Labute approximate surface area is 193 Å². The summed E-state index contributed by atoms with van der Waals surface area (Å²) in [6.07, 6.45) is 1.55.